The topological polar surface area (TPSA) is 72.3 Å². The van der Waals surface area contributed by atoms with Gasteiger partial charge in [0.25, 0.3) is 0 Å². The Hall–Kier alpha value is -1.37. The molecule has 0 aliphatic carbocycles. The number of imidazole rings is 1. The van der Waals surface area contributed by atoms with Crippen LogP contribution in [0.3, 0.4) is 0 Å². The van der Waals surface area contributed by atoms with E-state index in [1.165, 1.54) is 0 Å². The number of hydrogen-bond acceptors (Lipinski definition) is 4. The highest BCUT2D eigenvalue weighted by Gasteiger charge is 2.33. The third kappa shape index (κ3) is 4.06. The number of aryl methyl sites for hydroxylation is 2. The molecular weight excluding hydrogens is 290 g/mol. The van der Waals surface area contributed by atoms with E-state index in [-0.39, 0.29) is 23.5 Å². The monoisotopic (exact) mass is 313 g/mol. The molecule has 0 bridgehead atoms. The summed E-state index contributed by atoms with van der Waals surface area (Å²) in [6.45, 7) is 5.17. The number of hydrogen-bond donors (Lipinski definition) is 0. The Morgan fingerprint density at radius 2 is 2.29 bits per heavy atom. The average Bonchev–Trinajstić information content (AvgIpc) is 2.97. The van der Waals surface area contributed by atoms with Crippen molar-refractivity contribution in [3.8, 4) is 0 Å². The number of aromatic nitrogens is 2. The van der Waals surface area contributed by atoms with Gasteiger partial charge in [0.2, 0.25) is 5.91 Å². The van der Waals surface area contributed by atoms with Crippen molar-refractivity contribution in [3.63, 3.8) is 0 Å². The lowest BCUT2D eigenvalue weighted by Gasteiger charge is -2.27. The minimum Gasteiger partial charge on any atom is -0.339 e. The highest BCUT2D eigenvalue weighted by molar-refractivity contribution is 7.91. The Bertz CT molecular complexity index is 594. The summed E-state index contributed by atoms with van der Waals surface area (Å²) in [6, 6.07) is -0.137. The molecule has 2 rings (SSSR count). The molecule has 0 saturated carbocycles. The van der Waals surface area contributed by atoms with E-state index in [9.17, 15) is 13.2 Å². The fraction of sp³-hybridized carbons (Fsp3) is 0.714. The maximum Gasteiger partial charge on any atom is 0.222 e. The molecule has 0 radical (unpaired) electrons. The van der Waals surface area contributed by atoms with Gasteiger partial charge in [-0.2, -0.15) is 0 Å². The summed E-state index contributed by atoms with van der Waals surface area (Å²) >= 11 is 0. The first-order valence-electron chi connectivity index (χ1n) is 7.40. The predicted molar refractivity (Wildman–Crippen MR) is 80.6 cm³/mol. The highest BCUT2D eigenvalue weighted by atomic mass is 32.2. The molecule has 1 aliphatic rings. The lowest BCUT2D eigenvalue weighted by Crippen LogP contribution is -2.40. The molecule has 1 aromatic heterocycles. The second-order valence-electron chi connectivity index (χ2n) is 5.51. The minimum absolute atomic E-state index is 0.0531. The van der Waals surface area contributed by atoms with E-state index in [4.69, 9.17) is 0 Å². The average molecular weight is 313 g/mol. The number of nitrogens with zero attached hydrogens (tertiary/aromatic N) is 3. The van der Waals surface area contributed by atoms with Crippen LogP contribution in [0.25, 0.3) is 0 Å². The van der Waals surface area contributed by atoms with E-state index in [1.54, 1.807) is 11.1 Å². The van der Waals surface area contributed by atoms with Crippen LogP contribution in [0.1, 0.15) is 32.0 Å². The van der Waals surface area contributed by atoms with Gasteiger partial charge >= 0.3 is 0 Å². The maximum atomic E-state index is 12.3. The van der Waals surface area contributed by atoms with Gasteiger partial charge in [-0.15, -0.1) is 0 Å². The van der Waals surface area contributed by atoms with Gasteiger partial charge in [0, 0.05) is 37.9 Å². The summed E-state index contributed by atoms with van der Waals surface area (Å²) in [4.78, 5) is 18.2. The minimum atomic E-state index is -2.95. The molecule has 0 N–H and O–H groups in total. The van der Waals surface area contributed by atoms with Crippen molar-refractivity contribution in [2.75, 3.05) is 18.1 Å². The standard InChI is InChI=1S/C14H23N3O3S/c1-3-17(13-6-10-21(19,20)11-13)14(18)5-4-8-16-9-7-15-12(16)2/h7,9,13H,3-6,8,10-11H2,1-2H3/t13-/m0/s1. The van der Waals surface area contributed by atoms with E-state index in [2.05, 4.69) is 4.98 Å². The Kier molecular flexibility index (Phi) is 5.03. The first-order chi connectivity index (χ1) is 9.93. The van der Waals surface area contributed by atoms with Gasteiger partial charge < -0.3 is 9.47 Å². The Balaban J connectivity index is 1.85. The van der Waals surface area contributed by atoms with Crippen molar-refractivity contribution in [2.24, 2.45) is 0 Å². The summed E-state index contributed by atoms with van der Waals surface area (Å²) in [5.41, 5.74) is 0. The van der Waals surface area contributed by atoms with Gasteiger partial charge in [-0.25, -0.2) is 13.4 Å². The van der Waals surface area contributed by atoms with Crippen LogP contribution in [-0.4, -0.2) is 52.9 Å². The molecule has 1 aromatic rings. The largest absolute Gasteiger partial charge is 0.339 e. The second-order valence-corrected chi connectivity index (χ2v) is 7.74. The van der Waals surface area contributed by atoms with Gasteiger partial charge in [-0.3, -0.25) is 4.79 Å². The number of carbonyl (C=O) groups is 1. The quantitative estimate of drug-likeness (QED) is 0.785. The molecule has 0 unspecified atom stereocenters. The van der Waals surface area contributed by atoms with Crippen LogP contribution < -0.4 is 0 Å². The van der Waals surface area contributed by atoms with Crippen LogP contribution >= 0.6 is 0 Å². The summed E-state index contributed by atoms with van der Waals surface area (Å²) in [5.74, 6) is 1.32. The summed E-state index contributed by atoms with van der Waals surface area (Å²) < 4.78 is 25.1. The van der Waals surface area contributed by atoms with Crippen molar-refractivity contribution in [2.45, 2.75) is 45.7 Å². The van der Waals surface area contributed by atoms with E-state index < -0.39 is 9.84 Å². The maximum absolute atomic E-state index is 12.3. The molecule has 21 heavy (non-hydrogen) atoms. The van der Waals surface area contributed by atoms with Crippen LogP contribution in [0, 0.1) is 6.92 Å². The van der Waals surface area contributed by atoms with E-state index >= 15 is 0 Å². The molecule has 0 spiro atoms. The zero-order chi connectivity index (χ0) is 15.5. The fourth-order valence-corrected chi connectivity index (χ4v) is 4.57. The Morgan fingerprint density at radius 3 is 2.81 bits per heavy atom. The normalized spacial score (nSPS) is 20.6. The van der Waals surface area contributed by atoms with E-state index in [0.717, 1.165) is 18.8 Å². The molecule has 7 heteroatoms. The van der Waals surface area contributed by atoms with Crippen LogP contribution in [0.2, 0.25) is 0 Å². The molecule has 1 aliphatic heterocycles. The molecule has 1 atom stereocenters. The van der Waals surface area contributed by atoms with Gasteiger partial charge in [0.1, 0.15) is 5.82 Å². The number of rotatable bonds is 6. The number of amides is 1. The zero-order valence-corrected chi connectivity index (χ0v) is 13.5. The molecule has 6 nitrogen and oxygen atoms in total. The molecule has 1 saturated heterocycles. The first-order valence-corrected chi connectivity index (χ1v) is 9.22. The third-order valence-electron chi connectivity index (χ3n) is 4.02. The van der Waals surface area contributed by atoms with E-state index in [1.807, 2.05) is 24.6 Å². The van der Waals surface area contributed by atoms with Crippen LogP contribution in [0.4, 0.5) is 0 Å². The SMILES string of the molecule is CCN(C(=O)CCCn1ccnc1C)[C@H]1CCS(=O)(=O)C1. The fourth-order valence-electron chi connectivity index (χ4n) is 2.84. The van der Waals surface area contributed by atoms with Crippen molar-refractivity contribution in [1.82, 2.24) is 14.5 Å². The second kappa shape index (κ2) is 6.60. The lowest BCUT2D eigenvalue weighted by atomic mass is 10.2. The summed E-state index contributed by atoms with van der Waals surface area (Å²) in [5, 5.41) is 0. The zero-order valence-electron chi connectivity index (χ0n) is 12.7. The molecular formula is C14H23N3O3S. The first kappa shape index (κ1) is 16.0. The van der Waals surface area contributed by atoms with Gasteiger partial charge in [-0.1, -0.05) is 0 Å². The summed E-state index contributed by atoms with van der Waals surface area (Å²) in [6.07, 6.45) is 5.41. The Morgan fingerprint density at radius 1 is 1.52 bits per heavy atom. The van der Waals surface area contributed by atoms with Crippen LogP contribution in [0.15, 0.2) is 12.4 Å². The molecule has 2 heterocycles. The lowest BCUT2D eigenvalue weighted by molar-refractivity contribution is -0.133. The van der Waals surface area contributed by atoms with Crippen LogP contribution in [0.5, 0.6) is 0 Å². The molecule has 1 amide bonds. The summed E-state index contributed by atoms with van der Waals surface area (Å²) in [7, 11) is -2.95. The molecule has 0 aromatic carbocycles. The Labute approximate surface area is 126 Å². The van der Waals surface area contributed by atoms with Crippen molar-refractivity contribution >= 4 is 15.7 Å². The highest BCUT2D eigenvalue weighted by Crippen LogP contribution is 2.18. The molecule has 1 fully saturated rings. The van der Waals surface area contributed by atoms with Crippen molar-refractivity contribution < 1.29 is 13.2 Å². The van der Waals surface area contributed by atoms with Crippen LogP contribution in [-0.2, 0) is 21.2 Å². The molecule has 118 valence electrons. The van der Waals surface area contributed by atoms with Crippen molar-refractivity contribution in [1.29, 1.82) is 0 Å². The smallest absolute Gasteiger partial charge is 0.222 e. The van der Waals surface area contributed by atoms with Crippen molar-refractivity contribution in [3.05, 3.63) is 18.2 Å². The number of sulfone groups is 1. The van der Waals surface area contributed by atoms with Gasteiger partial charge in [0.05, 0.1) is 11.5 Å². The third-order valence-corrected chi connectivity index (χ3v) is 5.77. The van der Waals surface area contributed by atoms with Gasteiger partial charge in [-0.05, 0) is 26.7 Å². The van der Waals surface area contributed by atoms with Gasteiger partial charge in [0.15, 0.2) is 9.84 Å². The van der Waals surface area contributed by atoms with E-state index in [0.29, 0.717) is 19.4 Å². The predicted octanol–water partition coefficient (Wildman–Crippen LogP) is 1.01. The number of carbonyl (C=O) groups excluding carboxylic acids is 1.